The highest BCUT2D eigenvalue weighted by Crippen LogP contribution is 2.32. The second-order valence-corrected chi connectivity index (χ2v) is 7.81. The molecule has 170 valence electrons. The van der Waals surface area contributed by atoms with E-state index < -0.39 is 10.8 Å². The predicted octanol–water partition coefficient (Wildman–Crippen LogP) is 6.45. The Morgan fingerprint density at radius 1 is 1.09 bits per heavy atom. The van der Waals surface area contributed by atoms with E-state index in [1.165, 1.54) is 25.3 Å². The first-order valence-corrected chi connectivity index (χ1v) is 10.5. The van der Waals surface area contributed by atoms with E-state index >= 15 is 0 Å². The molecule has 0 aliphatic rings. The number of aryl methyl sites for hydroxylation is 1. The van der Waals surface area contributed by atoms with Crippen LogP contribution in [0.5, 0.6) is 11.5 Å². The van der Waals surface area contributed by atoms with Crippen molar-refractivity contribution < 1.29 is 19.2 Å². The quantitative estimate of drug-likeness (QED) is 0.224. The van der Waals surface area contributed by atoms with Crippen LogP contribution in [0.15, 0.2) is 60.7 Å². The van der Waals surface area contributed by atoms with Crippen LogP contribution in [-0.2, 0) is 11.4 Å². The molecule has 0 heterocycles. The monoisotopic (exact) mass is 486 g/mol. The minimum atomic E-state index is -0.536. The largest absolute Gasteiger partial charge is 0.493 e. The van der Waals surface area contributed by atoms with E-state index in [1.54, 1.807) is 55.5 Å². The molecule has 9 heteroatoms. The SMILES string of the molecule is COc1cc(C=CC(=O)Nc2ccc(C)cc2[N+](=O)[O-])ccc1OCc1c(Cl)cccc1Cl. The van der Waals surface area contributed by atoms with Crippen LogP contribution in [0.4, 0.5) is 11.4 Å². The van der Waals surface area contributed by atoms with Crippen molar-refractivity contribution in [3.8, 4) is 11.5 Å². The lowest BCUT2D eigenvalue weighted by Crippen LogP contribution is -2.09. The molecule has 0 spiro atoms. The number of benzene rings is 3. The van der Waals surface area contributed by atoms with Gasteiger partial charge in [0.25, 0.3) is 5.69 Å². The lowest BCUT2D eigenvalue weighted by Gasteiger charge is -2.13. The smallest absolute Gasteiger partial charge is 0.293 e. The minimum Gasteiger partial charge on any atom is -0.493 e. The van der Waals surface area contributed by atoms with Crippen molar-refractivity contribution in [1.29, 1.82) is 0 Å². The maximum Gasteiger partial charge on any atom is 0.293 e. The van der Waals surface area contributed by atoms with Crippen molar-refractivity contribution in [1.82, 2.24) is 0 Å². The minimum absolute atomic E-state index is 0.125. The second-order valence-electron chi connectivity index (χ2n) is 7.00. The fraction of sp³-hybridized carbons (Fsp3) is 0.125. The van der Waals surface area contributed by atoms with Gasteiger partial charge < -0.3 is 14.8 Å². The summed E-state index contributed by atoms with van der Waals surface area (Å²) in [5.74, 6) is 0.426. The Hall–Kier alpha value is -3.55. The normalized spacial score (nSPS) is 10.8. The molecule has 0 saturated heterocycles. The molecule has 1 N–H and O–H groups in total. The van der Waals surface area contributed by atoms with E-state index in [4.69, 9.17) is 32.7 Å². The van der Waals surface area contributed by atoms with Crippen LogP contribution >= 0.6 is 23.2 Å². The van der Waals surface area contributed by atoms with E-state index in [0.717, 1.165) is 5.56 Å². The zero-order chi connectivity index (χ0) is 24.0. The highest BCUT2D eigenvalue weighted by Gasteiger charge is 2.15. The van der Waals surface area contributed by atoms with Gasteiger partial charge in [0, 0.05) is 27.8 Å². The maximum absolute atomic E-state index is 12.3. The molecular weight excluding hydrogens is 467 g/mol. The molecule has 0 unspecified atom stereocenters. The van der Waals surface area contributed by atoms with Crippen molar-refractivity contribution in [3.63, 3.8) is 0 Å². The van der Waals surface area contributed by atoms with E-state index in [-0.39, 0.29) is 18.0 Å². The van der Waals surface area contributed by atoms with Gasteiger partial charge in [0.15, 0.2) is 11.5 Å². The molecule has 0 aliphatic heterocycles. The summed E-state index contributed by atoms with van der Waals surface area (Å²) in [5, 5.41) is 14.7. The average molecular weight is 487 g/mol. The van der Waals surface area contributed by atoms with Crippen LogP contribution in [0.3, 0.4) is 0 Å². The fourth-order valence-electron chi connectivity index (χ4n) is 2.97. The van der Waals surface area contributed by atoms with Gasteiger partial charge in [-0.05, 0) is 54.5 Å². The lowest BCUT2D eigenvalue weighted by molar-refractivity contribution is -0.384. The van der Waals surface area contributed by atoms with E-state index in [2.05, 4.69) is 5.32 Å². The number of methoxy groups -OCH3 is 1. The zero-order valence-corrected chi connectivity index (χ0v) is 19.3. The molecule has 1 amide bonds. The Bertz CT molecular complexity index is 1210. The van der Waals surface area contributed by atoms with Crippen LogP contribution in [0, 0.1) is 17.0 Å². The number of ether oxygens (including phenoxy) is 2. The number of hydrogen-bond acceptors (Lipinski definition) is 5. The second kappa shape index (κ2) is 10.8. The van der Waals surface area contributed by atoms with Gasteiger partial charge in [-0.1, -0.05) is 41.4 Å². The highest BCUT2D eigenvalue weighted by molar-refractivity contribution is 6.35. The average Bonchev–Trinajstić information content (AvgIpc) is 2.78. The number of nitrogens with zero attached hydrogens (tertiary/aromatic N) is 1. The Balaban J connectivity index is 1.70. The van der Waals surface area contributed by atoms with E-state index in [9.17, 15) is 14.9 Å². The fourth-order valence-corrected chi connectivity index (χ4v) is 3.48. The first-order chi connectivity index (χ1) is 15.8. The standard InChI is InChI=1S/C24H20Cl2N2O5/c1-15-6-9-20(21(12-15)28(30)31)27-24(29)11-8-16-7-10-22(23(13-16)32-2)33-14-17-18(25)4-3-5-19(17)26/h3-13H,14H2,1-2H3,(H,27,29). The van der Waals surface area contributed by atoms with Gasteiger partial charge in [0.1, 0.15) is 12.3 Å². The molecule has 3 rings (SSSR count). The number of halogens is 2. The van der Waals surface area contributed by atoms with Crippen molar-refractivity contribution >= 4 is 46.6 Å². The molecule has 0 bridgehead atoms. The first-order valence-electron chi connectivity index (χ1n) is 9.76. The molecule has 0 fully saturated rings. The third-order valence-corrected chi connectivity index (χ3v) is 5.36. The predicted molar refractivity (Wildman–Crippen MR) is 129 cm³/mol. The summed E-state index contributed by atoms with van der Waals surface area (Å²) in [5.41, 5.74) is 2.01. The van der Waals surface area contributed by atoms with Gasteiger partial charge in [0.2, 0.25) is 5.91 Å². The Morgan fingerprint density at radius 3 is 2.48 bits per heavy atom. The van der Waals surface area contributed by atoms with Gasteiger partial charge >= 0.3 is 0 Å². The maximum atomic E-state index is 12.3. The van der Waals surface area contributed by atoms with Crippen molar-refractivity contribution in [2.75, 3.05) is 12.4 Å². The summed E-state index contributed by atoms with van der Waals surface area (Å²) < 4.78 is 11.2. The van der Waals surface area contributed by atoms with Crippen LogP contribution in [0.2, 0.25) is 10.0 Å². The van der Waals surface area contributed by atoms with Crippen LogP contribution < -0.4 is 14.8 Å². The number of nitro groups is 1. The summed E-state index contributed by atoms with van der Waals surface area (Å²) in [6.45, 7) is 1.89. The Morgan fingerprint density at radius 2 is 1.82 bits per heavy atom. The van der Waals surface area contributed by atoms with Crippen LogP contribution in [0.1, 0.15) is 16.7 Å². The Labute approximate surface area is 200 Å². The molecule has 3 aromatic carbocycles. The number of carbonyl (C=O) groups is 1. The number of hydrogen-bond donors (Lipinski definition) is 1. The van der Waals surface area contributed by atoms with Gasteiger partial charge in [0.05, 0.1) is 12.0 Å². The third-order valence-electron chi connectivity index (χ3n) is 4.66. The summed E-state index contributed by atoms with van der Waals surface area (Å²) in [6.07, 6.45) is 2.84. The number of carbonyl (C=O) groups excluding carboxylic acids is 1. The number of nitro benzene ring substituents is 1. The van der Waals surface area contributed by atoms with Crippen LogP contribution in [0.25, 0.3) is 6.08 Å². The summed E-state index contributed by atoms with van der Waals surface area (Å²) in [6, 6.07) is 14.9. The number of anilines is 1. The Kier molecular flexibility index (Phi) is 7.92. The van der Waals surface area contributed by atoms with Crippen molar-refractivity contribution in [3.05, 3.63) is 97.5 Å². The van der Waals surface area contributed by atoms with Gasteiger partial charge in [-0.15, -0.1) is 0 Å². The van der Waals surface area contributed by atoms with Crippen molar-refractivity contribution in [2.24, 2.45) is 0 Å². The summed E-state index contributed by atoms with van der Waals surface area (Å²) in [4.78, 5) is 23.0. The van der Waals surface area contributed by atoms with Gasteiger partial charge in [-0.25, -0.2) is 0 Å². The molecule has 0 saturated carbocycles. The van der Waals surface area contributed by atoms with E-state index in [1.807, 2.05) is 0 Å². The number of nitrogens with one attached hydrogen (secondary N) is 1. The van der Waals surface area contributed by atoms with Gasteiger partial charge in [-0.2, -0.15) is 0 Å². The molecule has 33 heavy (non-hydrogen) atoms. The number of amides is 1. The molecule has 3 aromatic rings. The van der Waals surface area contributed by atoms with Crippen LogP contribution in [-0.4, -0.2) is 17.9 Å². The topological polar surface area (TPSA) is 90.7 Å². The molecule has 0 aliphatic carbocycles. The number of rotatable bonds is 8. The van der Waals surface area contributed by atoms with Crippen molar-refractivity contribution in [2.45, 2.75) is 13.5 Å². The molecule has 0 aromatic heterocycles. The molecule has 7 nitrogen and oxygen atoms in total. The summed E-state index contributed by atoms with van der Waals surface area (Å²) >= 11 is 12.4. The first kappa shape index (κ1) is 24.1. The van der Waals surface area contributed by atoms with Gasteiger partial charge in [-0.3, -0.25) is 14.9 Å². The highest BCUT2D eigenvalue weighted by atomic mass is 35.5. The molecular formula is C24H20Cl2N2O5. The zero-order valence-electron chi connectivity index (χ0n) is 17.8. The van der Waals surface area contributed by atoms with E-state index in [0.29, 0.717) is 32.7 Å². The third kappa shape index (κ3) is 6.25. The summed E-state index contributed by atoms with van der Waals surface area (Å²) in [7, 11) is 1.50. The lowest BCUT2D eigenvalue weighted by atomic mass is 10.1. The molecule has 0 atom stereocenters. The molecule has 0 radical (unpaired) electrons.